The fourth-order valence-electron chi connectivity index (χ4n) is 2.70. The third kappa shape index (κ3) is 6.85. The largest absolute Gasteiger partial charge is 0.494 e. The molecule has 2 heteroatoms. The van der Waals surface area contributed by atoms with Crippen LogP contribution in [0, 0.1) is 11.3 Å². The smallest absolute Gasteiger partial charge is 0.119 e. The van der Waals surface area contributed by atoms with Crippen molar-refractivity contribution in [1.29, 1.82) is 5.26 Å². The number of nitrogens with zero attached hydrogens (tertiary/aromatic N) is 1. The van der Waals surface area contributed by atoms with Gasteiger partial charge in [0.2, 0.25) is 0 Å². The zero-order chi connectivity index (χ0) is 17.7. The van der Waals surface area contributed by atoms with E-state index in [0.717, 1.165) is 29.9 Å². The van der Waals surface area contributed by atoms with E-state index in [1.807, 2.05) is 60.7 Å². The quantitative estimate of drug-likeness (QED) is 0.283. The van der Waals surface area contributed by atoms with E-state index in [9.17, 15) is 5.26 Å². The van der Waals surface area contributed by atoms with Gasteiger partial charge in [0.05, 0.1) is 18.2 Å². The van der Waals surface area contributed by atoms with Gasteiger partial charge in [-0.2, -0.15) is 5.26 Å². The normalized spacial score (nSPS) is 11.1. The summed E-state index contributed by atoms with van der Waals surface area (Å²) in [5, 5.41) is 9.37. The molecule has 2 rings (SSSR count). The first-order valence-electron chi connectivity index (χ1n) is 9.23. The van der Waals surface area contributed by atoms with Gasteiger partial charge in [-0.3, -0.25) is 0 Å². The first-order valence-corrected chi connectivity index (χ1v) is 9.23. The van der Waals surface area contributed by atoms with Crippen molar-refractivity contribution in [3.05, 3.63) is 65.7 Å². The van der Waals surface area contributed by atoms with E-state index in [1.165, 1.54) is 32.1 Å². The molecule has 0 radical (unpaired) electrons. The van der Waals surface area contributed by atoms with Crippen LogP contribution < -0.4 is 4.74 Å². The average molecular weight is 333 g/mol. The van der Waals surface area contributed by atoms with Crippen LogP contribution in [0.5, 0.6) is 5.75 Å². The van der Waals surface area contributed by atoms with Gasteiger partial charge in [-0.05, 0) is 35.8 Å². The summed E-state index contributed by atoms with van der Waals surface area (Å²) in [6, 6.07) is 20.0. The first-order chi connectivity index (χ1) is 12.3. The van der Waals surface area contributed by atoms with Crippen LogP contribution in [0.15, 0.2) is 54.6 Å². The third-order valence-electron chi connectivity index (χ3n) is 4.16. The minimum absolute atomic E-state index is 0.668. The number of rotatable bonds is 10. The molecule has 2 aromatic carbocycles. The Kier molecular flexibility index (Phi) is 8.35. The van der Waals surface area contributed by atoms with E-state index in [1.54, 1.807) is 0 Å². The van der Waals surface area contributed by atoms with Crippen molar-refractivity contribution in [2.45, 2.75) is 45.4 Å². The summed E-state index contributed by atoms with van der Waals surface area (Å²) < 4.78 is 5.80. The molecular weight excluding hydrogens is 306 g/mol. The summed E-state index contributed by atoms with van der Waals surface area (Å²) in [5.41, 5.74) is 2.61. The van der Waals surface area contributed by atoms with E-state index in [2.05, 4.69) is 13.0 Å². The summed E-state index contributed by atoms with van der Waals surface area (Å²) in [6.07, 6.45) is 9.52. The molecule has 0 spiro atoms. The SMILES string of the molecule is CCCCCCCCOc1ccc(C=C(C#N)c2ccccc2)cc1. The van der Waals surface area contributed by atoms with E-state index >= 15 is 0 Å². The molecule has 0 heterocycles. The maximum Gasteiger partial charge on any atom is 0.119 e. The summed E-state index contributed by atoms with van der Waals surface area (Å²) in [4.78, 5) is 0. The predicted molar refractivity (Wildman–Crippen MR) is 105 cm³/mol. The summed E-state index contributed by atoms with van der Waals surface area (Å²) >= 11 is 0. The first kappa shape index (κ1) is 18.8. The molecule has 0 fully saturated rings. The summed E-state index contributed by atoms with van der Waals surface area (Å²) in [6.45, 7) is 3.01. The van der Waals surface area contributed by atoms with Gasteiger partial charge in [0.15, 0.2) is 0 Å². The molecule has 0 aliphatic carbocycles. The van der Waals surface area contributed by atoms with E-state index < -0.39 is 0 Å². The standard InChI is InChI=1S/C23H27NO/c1-2-3-4-5-6-10-17-25-23-15-13-20(14-16-23)18-22(19-24)21-11-8-7-9-12-21/h7-9,11-16,18H,2-6,10,17H2,1H3. The van der Waals surface area contributed by atoms with Crippen LogP contribution >= 0.6 is 0 Å². The summed E-state index contributed by atoms with van der Waals surface area (Å²) in [7, 11) is 0. The number of hydrogen-bond acceptors (Lipinski definition) is 2. The van der Waals surface area contributed by atoms with Crippen LogP contribution in [0.25, 0.3) is 11.6 Å². The van der Waals surface area contributed by atoms with Crippen molar-refractivity contribution in [1.82, 2.24) is 0 Å². The molecule has 0 aliphatic heterocycles. The number of unbranched alkanes of at least 4 members (excludes halogenated alkanes) is 5. The van der Waals surface area contributed by atoms with E-state index in [-0.39, 0.29) is 0 Å². The highest BCUT2D eigenvalue weighted by Crippen LogP contribution is 2.19. The second kappa shape index (κ2) is 11.1. The fraction of sp³-hybridized carbons (Fsp3) is 0.348. The number of hydrogen-bond donors (Lipinski definition) is 0. The molecule has 0 aliphatic rings. The Hall–Kier alpha value is -2.53. The van der Waals surface area contributed by atoms with Gasteiger partial charge in [0.1, 0.15) is 5.75 Å². The predicted octanol–water partition coefficient (Wildman–Crippen LogP) is 6.49. The van der Waals surface area contributed by atoms with E-state index in [0.29, 0.717) is 5.57 Å². The Morgan fingerprint density at radius 3 is 2.28 bits per heavy atom. The molecule has 130 valence electrons. The van der Waals surface area contributed by atoms with Crippen LogP contribution in [0.1, 0.15) is 56.6 Å². The molecule has 0 unspecified atom stereocenters. The maximum atomic E-state index is 9.37. The van der Waals surface area contributed by atoms with Crippen molar-refractivity contribution in [3.8, 4) is 11.8 Å². The second-order valence-corrected chi connectivity index (χ2v) is 6.22. The van der Waals surface area contributed by atoms with Crippen molar-refractivity contribution >= 4 is 11.6 Å². The van der Waals surface area contributed by atoms with E-state index in [4.69, 9.17) is 4.74 Å². The molecule has 25 heavy (non-hydrogen) atoms. The molecule has 0 N–H and O–H groups in total. The lowest BCUT2D eigenvalue weighted by molar-refractivity contribution is 0.304. The lowest BCUT2D eigenvalue weighted by Crippen LogP contribution is -1.97. The van der Waals surface area contributed by atoms with Crippen LogP contribution in [0.3, 0.4) is 0 Å². The Labute approximate surface area is 151 Å². The molecule has 0 amide bonds. The zero-order valence-corrected chi connectivity index (χ0v) is 15.1. The van der Waals surface area contributed by atoms with Gasteiger partial charge in [0, 0.05) is 0 Å². The van der Waals surface area contributed by atoms with Gasteiger partial charge in [-0.25, -0.2) is 0 Å². The molecule has 0 saturated heterocycles. The highest BCUT2D eigenvalue weighted by Gasteiger charge is 2.01. The maximum absolute atomic E-state index is 9.37. The molecular formula is C23H27NO. The van der Waals surface area contributed by atoms with Crippen molar-refractivity contribution in [2.75, 3.05) is 6.61 Å². The van der Waals surface area contributed by atoms with Crippen LogP contribution in [-0.4, -0.2) is 6.61 Å². The van der Waals surface area contributed by atoms with Crippen molar-refractivity contribution in [2.24, 2.45) is 0 Å². The lowest BCUT2D eigenvalue weighted by atomic mass is 10.0. The van der Waals surface area contributed by atoms with Crippen LogP contribution in [0.4, 0.5) is 0 Å². The molecule has 0 saturated carbocycles. The monoisotopic (exact) mass is 333 g/mol. The summed E-state index contributed by atoms with van der Waals surface area (Å²) in [5.74, 6) is 0.893. The zero-order valence-electron chi connectivity index (χ0n) is 15.1. The van der Waals surface area contributed by atoms with Crippen molar-refractivity contribution in [3.63, 3.8) is 0 Å². The lowest BCUT2D eigenvalue weighted by Gasteiger charge is -2.06. The number of benzene rings is 2. The number of nitriles is 1. The molecule has 0 bridgehead atoms. The van der Waals surface area contributed by atoms with Gasteiger partial charge in [-0.1, -0.05) is 81.5 Å². The Bertz CT molecular complexity index is 680. The molecule has 2 aromatic rings. The number of ether oxygens (including phenoxy) is 1. The highest BCUT2D eigenvalue weighted by molar-refractivity contribution is 5.89. The fourth-order valence-corrected chi connectivity index (χ4v) is 2.70. The Morgan fingerprint density at radius 1 is 0.920 bits per heavy atom. The average Bonchev–Trinajstić information content (AvgIpc) is 2.67. The highest BCUT2D eigenvalue weighted by atomic mass is 16.5. The Balaban J connectivity index is 1.83. The minimum Gasteiger partial charge on any atom is -0.494 e. The van der Waals surface area contributed by atoms with Gasteiger partial charge in [-0.15, -0.1) is 0 Å². The minimum atomic E-state index is 0.668. The number of allylic oxidation sites excluding steroid dienone is 1. The molecule has 2 nitrogen and oxygen atoms in total. The molecule has 0 aromatic heterocycles. The van der Waals surface area contributed by atoms with Crippen molar-refractivity contribution < 1.29 is 4.74 Å². The third-order valence-corrected chi connectivity index (χ3v) is 4.16. The Morgan fingerprint density at radius 2 is 1.60 bits per heavy atom. The van der Waals surface area contributed by atoms with Crippen LogP contribution in [-0.2, 0) is 0 Å². The van der Waals surface area contributed by atoms with Crippen LogP contribution in [0.2, 0.25) is 0 Å². The van der Waals surface area contributed by atoms with Gasteiger partial charge >= 0.3 is 0 Å². The molecule has 0 atom stereocenters. The van der Waals surface area contributed by atoms with Gasteiger partial charge < -0.3 is 4.74 Å². The second-order valence-electron chi connectivity index (χ2n) is 6.22. The topological polar surface area (TPSA) is 33.0 Å². The van der Waals surface area contributed by atoms with Gasteiger partial charge in [0.25, 0.3) is 0 Å².